The number of amides is 1. The first-order valence-corrected chi connectivity index (χ1v) is 11.0. The molecule has 0 spiro atoms. The van der Waals surface area contributed by atoms with Gasteiger partial charge >= 0.3 is 0 Å². The second-order valence-corrected chi connectivity index (χ2v) is 7.89. The standard InChI is InChI=1S/C24H27ClN6O2/c1-16(17(2)32)30(19(4)33)12-10-26-18(3)29-24-22(15-28-31(24)11-9-25)21-13-20-7-5-6-8-23(20)27-14-21/h5-9,11,13-16H,10,12H2,1-4H3,(H,26,29)/b11-9+. The number of hydrogen-bond acceptors (Lipinski definition) is 5. The average Bonchev–Trinajstić information content (AvgIpc) is 3.18. The van der Waals surface area contributed by atoms with Gasteiger partial charge in [-0.3, -0.25) is 19.6 Å². The van der Waals surface area contributed by atoms with Crippen LogP contribution in [0.4, 0.5) is 5.82 Å². The Morgan fingerprint density at radius 3 is 2.70 bits per heavy atom. The Kier molecular flexibility index (Phi) is 7.95. The lowest BCUT2D eigenvalue weighted by molar-refractivity contribution is -0.136. The number of rotatable bonds is 8. The van der Waals surface area contributed by atoms with Gasteiger partial charge in [-0.25, -0.2) is 4.68 Å². The molecule has 9 heteroatoms. The maximum Gasteiger partial charge on any atom is 0.220 e. The van der Waals surface area contributed by atoms with Gasteiger partial charge in [-0.1, -0.05) is 29.8 Å². The lowest BCUT2D eigenvalue weighted by Gasteiger charge is -2.25. The molecular weight excluding hydrogens is 440 g/mol. The van der Waals surface area contributed by atoms with Crippen molar-refractivity contribution in [3.8, 4) is 11.1 Å². The molecule has 0 fully saturated rings. The number of benzene rings is 1. The number of para-hydroxylation sites is 1. The van der Waals surface area contributed by atoms with E-state index in [0.29, 0.717) is 24.7 Å². The van der Waals surface area contributed by atoms with Crippen molar-refractivity contribution in [3.05, 3.63) is 48.3 Å². The van der Waals surface area contributed by atoms with Gasteiger partial charge in [0.1, 0.15) is 5.82 Å². The van der Waals surface area contributed by atoms with E-state index < -0.39 is 6.04 Å². The zero-order chi connectivity index (χ0) is 24.0. The second-order valence-electron chi connectivity index (χ2n) is 7.63. The summed E-state index contributed by atoms with van der Waals surface area (Å²) in [6.45, 7) is 7.18. The van der Waals surface area contributed by atoms with Gasteiger partial charge in [0.05, 0.1) is 30.1 Å². The fourth-order valence-electron chi connectivity index (χ4n) is 3.46. The molecule has 2 aromatic heterocycles. The molecule has 33 heavy (non-hydrogen) atoms. The van der Waals surface area contributed by atoms with Gasteiger partial charge in [0, 0.05) is 47.9 Å². The lowest BCUT2D eigenvalue weighted by atomic mass is 10.1. The van der Waals surface area contributed by atoms with Gasteiger partial charge in [0.25, 0.3) is 0 Å². The predicted molar refractivity (Wildman–Crippen MR) is 133 cm³/mol. The molecule has 3 aromatic rings. The van der Waals surface area contributed by atoms with Crippen molar-refractivity contribution < 1.29 is 9.59 Å². The molecule has 1 unspecified atom stereocenters. The summed E-state index contributed by atoms with van der Waals surface area (Å²) in [7, 11) is 0. The van der Waals surface area contributed by atoms with E-state index in [1.165, 1.54) is 24.3 Å². The van der Waals surface area contributed by atoms with Crippen molar-refractivity contribution in [1.82, 2.24) is 19.7 Å². The minimum atomic E-state index is -0.478. The average molecular weight is 467 g/mol. The molecule has 0 aliphatic carbocycles. The zero-order valence-electron chi connectivity index (χ0n) is 19.1. The first kappa shape index (κ1) is 24.1. The molecule has 0 saturated carbocycles. The maximum atomic E-state index is 11.9. The first-order chi connectivity index (χ1) is 15.8. The van der Waals surface area contributed by atoms with Gasteiger partial charge in [-0.2, -0.15) is 5.10 Å². The van der Waals surface area contributed by atoms with Crippen molar-refractivity contribution in [2.75, 3.05) is 18.4 Å². The number of halogens is 1. The van der Waals surface area contributed by atoms with Gasteiger partial charge in [-0.05, 0) is 32.9 Å². The largest absolute Gasteiger partial charge is 0.331 e. The van der Waals surface area contributed by atoms with Crippen LogP contribution in [0.3, 0.4) is 0 Å². The van der Waals surface area contributed by atoms with E-state index in [1.807, 2.05) is 31.2 Å². The van der Waals surface area contributed by atoms with Gasteiger partial charge in [0.2, 0.25) is 5.91 Å². The second kappa shape index (κ2) is 10.9. The number of aromatic nitrogens is 3. The van der Waals surface area contributed by atoms with Crippen molar-refractivity contribution in [3.63, 3.8) is 0 Å². The van der Waals surface area contributed by atoms with Crippen molar-refractivity contribution >= 4 is 52.0 Å². The molecule has 1 amide bonds. The van der Waals surface area contributed by atoms with Crippen LogP contribution >= 0.6 is 11.6 Å². The van der Waals surface area contributed by atoms with Crippen molar-refractivity contribution in [1.29, 1.82) is 0 Å². The summed E-state index contributed by atoms with van der Waals surface area (Å²) in [5.41, 5.74) is 4.03. The van der Waals surface area contributed by atoms with E-state index in [4.69, 9.17) is 11.6 Å². The Balaban J connectivity index is 1.83. The zero-order valence-corrected chi connectivity index (χ0v) is 19.9. The third-order valence-electron chi connectivity index (χ3n) is 5.34. The summed E-state index contributed by atoms with van der Waals surface area (Å²) in [5, 5.41) is 8.71. The number of nitrogens with zero attached hydrogens (tertiary/aromatic N) is 5. The molecule has 0 saturated heterocycles. The summed E-state index contributed by atoms with van der Waals surface area (Å²) < 4.78 is 1.62. The number of ketones is 1. The van der Waals surface area contributed by atoms with E-state index in [1.54, 1.807) is 30.2 Å². The number of aliphatic imine (C=N–C) groups is 1. The Morgan fingerprint density at radius 1 is 1.24 bits per heavy atom. The van der Waals surface area contributed by atoms with Crippen molar-refractivity contribution in [2.24, 2.45) is 4.99 Å². The molecule has 0 radical (unpaired) electrons. The topological polar surface area (TPSA) is 92.5 Å². The number of Topliss-reactive ketones (excluding diaryl/α,β-unsaturated/α-hetero) is 1. The number of fused-ring (bicyclic) bond motifs is 1. The Hall–Kier alpha value is -3.52. The van der Waals surface area contributed by atoms with E-state index in [-0.39, 0.29) is 11.7 Å². The number of carbonyl (C=O) groups is 2. The first-order valence-electron chi connectivity index (χ1n) is 10.6. The van der Waals surface area contributed by atoms with E-state index in [9.17, 15) is 9.59 Å². The number of amidine groups is 1. The highest BCUT2D eigenvalue weighted by atomic mass is 35.5. The quantitative estimate of drug-likeness (QED) is 0.392. The molecule has 1 N–H and O–H groups in total. The normalized spacial score (nSPS) is 12.8. The minimum Gasteiger partial charge on any atom is -0.331 e. The third kappa shape index (κ3) is 5.84. The molecule has 1 aromatic carbocycles. The van der Waals surface area contributed by atoms with Crippen molar-refractivity contribution in [2.45, 2.75) is 33.7 Å². The maximum absolute atomic E-state index is 11.9. The molecule has 3 rings (SSSR count). The summed E-state index contributed by atoms with van der Waals surface area (Å²) in [5.74, 6) is 1.10. The van der Waals surface area contributed by atoms with Gasteiger partial charge < -0.3 is 10.2 Å². The van der Waals surface area contributed by atoms with Crippen LogP contribution in [-0.4, -0.2) is 56.3 Å². The molecular formula is C24H27ClN6O2. The third-order valence-corrected chi connectivity index (χ3v) is 5.46. The monoisotopic (exact) mass is 466 g/mol. The highest BCUT2D eigenvalue weighted by molar-refractivity contribution is 6.26. The highest BCUT2D eigenvalue weighted by Crippen LogP contribution is 2.30. The SMILES string of the molecule is CC(=O)C(C)N(CCN=C(C)Nc1c(-c2cnc3ccccc3c2)cnn1/C=C/Cl)C(C)=O. The number of hydrogen-bond donors (Lipinski definition) is 1. The highest BCUT2D eigenvalue weighted by Gasteiger charge is 2.20. The smallest absolute Gasteiger partial charge is 0.220 e. The van der Waals surface area contributed by atoms with Crippen LogP contribution in [-0.2, 0) is 9.59 Å². The summed E-state index contributed by atoms with van der Waals surface area (Å²) in [4.78, 5) is 34.2. The molecule has 2 heterocycles. The predicted octanol–water partition coefficient (Wildman–Crippen LogP) is 4.42. The van der Waals surface area contributed by atoms with Crippen LogP contribution in [0.1, 0.15) is 27.7 Å². The number of carbonyl (C=O) groups excluding carboxylic acids is 2. The van der Waals surface area contributed by atoms with E-state index in [2.05, 4.69) is 26.5 Å². The van der Waals surface area contributed by atoms with Crippen LogP contribution in [0, 0.1) is 0 Å². The summed E-state index contributed by atoms with van der Waals surface area (Å²) in [6, 6.07) is 9.48. The van der Waals surface area contributed by atoms with Crippen LogP contribution in [0.5, 0.6) is 0 Å². The fourth-order valence-corrected chi connectivity index (χ4v) is 3.57. The number of nitrogens with one attached hydrogen (secondary N) is 1. The Bertz CT molecular complexity index is 1220. The van der Waals surface area contributed by atoms with Gasteiger partial charge in [0.15, 0.2) is 5.78 Å². The molecule has 8 nitrogen and oxygen atoms in total. The molecule has 0 aliphatic heterocycles. The van der Waals surface area contributed by atoms with Crippen LogP contribution in [0.15, 0.2) is 53.3 Å². The number of anilines is 1. The molecule has 0 bridgehead atoms. The number of pyridine rings is 1. The molecule has 0 aliphatic rings. The Labute approximate surface area is 198 Å². The lowest BCUT2D eigenvalue weighted by Crippen LogP contribution is -2.42. The summed E-state index contributed by atoms with van der Waals surface area (Å²) in [6.07, 6.45) is 5.17. The van der Waals surface area contributed by atoms with Crippen LogP contribution < -0.4 is 5.32 Å². The fraction of sp³-hybridized carbons (Fsp3) is 0.292. The molecule has 172 valence electrons. The van der Waals surface area contributed by atoms with Gasteiger partial charge in [-0.15, -0.1) is 0 Å². The molecule has 1 atom stereocenters. The van der Waals surface area contributed by atoms with Crippen LogP contribution in [0.25, 0.3) is 28.2 Å². The van der Waals surface area contributed by atoms with Crippen LogP contribution in [0.2, 0.25) is 0 Å². The minimum absolute atomic E-state index is 0.0607. The van der Waals surface area contributed by atoms with E-state index in [0.717, 1.165) is 22.0 Å². The Morgan fingerprint density at radius 2 is 2.00 bits per heavy atom. The summed E-state index contributed by atoms with van der Waals surface area (Å²) >= 11 is 5.80. The van der Waals surface area contributed by atoms with E-state index >= 15 is 0 Å².